The van der Waals surface area contributed by atoms with E-state index in [0.717, 1.165) is 25.1 Å². The highest BCUT2D eigenvalue weighted by atomic mass is 16.3. The molecule has 2 rings (SSSR count). The lowest BCUT2D eigenvalue weighted by Gasteiger charge is -2.15. The molecule has 1 heterocycles. The maximum Gasteiger partial charge on any atom is 0.0587 e. The largest absolute Gasteiger partial charge is 0.395 e. The second-order valence-corrected chi connectivity index (χ2v) is 4.65. The molecule has 4 heteroatoms. The van der Waals surface area contributed by atoms with Crippen LogP contribution in [0.1, 0.15) is 18.1 Å². The molecule has 0 bridgehead atoms. The van der Waals surface area contributed by atoms with Crippen molar-refractivity contribution in [2.75, 3.05) is 6.61 Å². The first-order chi connectivity index (χ1) is 9.31. The molecule has 0 aliphatic carbocycles. The number of aryl methyl sites for hydroxylation is 1. The van der Waals surface area contributed by atoms with Crippen molar-refractivity contribution in [3.8, 4) is 0 Å². The minimum Gasteiger partial charge on any atom is -0.395 e. The first kappa shape index (κ1) is 13.8. The van der Waals surface area contributed by atoms with E-state index in [1.165, 1.54) is 5.56 Å². The zero-order chi connectivity index (χ0) is 13.5. The highest BCUT2D eigenvalue weighted by Gasteiger charge is 2.08. The third kappa shape index (κ3) is 4.19. The van der Waals surface area contributed by atoms with Gasteiger partial charge in [0, 0.05) is 30.9 Å². The number of benzene rings is 1. The molecule has 0 unspecified atom stereocenters. The van der Waals surface area contributed by atoms with Gasteiger partial charge in [-0.3, -0.25) is 4.68 Å². The fraction of sp³-hybridized carbons (Fsp3) is 0.400. The van der Waals surface area contributed by atoms with E-state index in [-0.39, 0.29) is 12.6 Å². The van der Waals surface area contributed by atoms with Gasteiger partial charge in [-0.15, -0.1) is 0 Å². The number of nitrogens with zero attached hydrogens (tertiary/aromatic N) is 2. The molecule has 0 spiro atoms. The molecule has 102 valence electrons. The fourth-order valence-electron chi connectivity index (χ4n) is 2.03. The van der Waals surface area contributed by atoms with Gasteiger partial charge in [0.05, 0.1) is 12.8 Å². The van der Waals surface area contributed by atoms with Crippen molar-refractivity contribution in [2.24, 2.45) is 0 Å². The van der Waals surface area contributed by atoms with Gasteiger partial charge in [-0.2, -0.15) is 5.10 Å². The molecular formula is C15H21N3O. The van der Waals surface area contributed by atoms with Crippen LogP contribution in [0.4, 0.5) is 0 Å². The Morgan fingerprint density at radius 3 is 2.68 bits per heavy atom. The molecule has 0 radical (unpaired) electrons. The predicted octanol–water partition coefficient (Wildman–Crippen LogP) is 1.60. The van der Waals surface area contributed by atoms with E-state index in [0.29, 0.717) is 0 Å². The monoisotopic (exact) mass is 259 g/mol. The van der Waals surface area contributed by atoms with Gasteiger partial charge < -0.3 is 10.4 Å². The number of aliphatic hydroxyl groups excluding tert-OH is 1. The minimum atomic E-state index is 0.0763. The van der Waals surface area contributed by atoms with Crippen LogP contribution in [-0.4, -0.2) is 27.5 Å². The Morgan fingerprint density at radius 2 is 2.05 bits per heavy atom. The van der Waals surface area contributed by atoms with Gasteiger partial charge in [0.25, 0.3) is 0 Å². The Balaban J connectivity index is 1.85. The van der Waals surface area contributed by atoms with E-state index in [1.807, 2.05) is 35.3 Å². The lowest BCUT2D eigenvalue weighted by molar-refractivity contribution is 0.241. The number of aromatic nitrogens is 2. The Morgan fingerprint density at radius 1 is 1.26 bits per heavy atom. The van der Waals surface area contributed by atoms with Crippen molar-refractivity contribution in [1.29, 1.82) is 0 Å². The molecule has 0 aliphatic rings. The molecule has 0 saturated carbocycles. The Bertz CT molecular complexity index is 481. The van der Waals surface area contributed by atoms with Gasteiger partial charge in [-0.25, -0.2) is 0 Å². The lowest BCUT2D eigenvalue weighted by Crippen LogP contribution is -2.33. The van der Waals surface area contributed by atoms with Crippen LogP contribution in [0.5, 0.6) is 0 Å². The first-order valence-electron chi connectivity index (χ1n) is 6.71. The molecule has 1 atom stereocenters. The first-order valence-corrected chi connectivity index (χ1v) is 6.71. The van der Waals surface area contributed by atoms with Gasteiger partial charge in [0.1, 0.15) is 0 Å². The average molecular weight is 259 g/mol. The summed E-state index contributed by atoms with van der Waals surface area (Å²) in [6, 6.07) is 10.3. The molecular weight excluding hydrogens is 238 g/mol. The summed E-state index contributed by atoms with van der Waals surface area (Å²) < 4.78 is 1.90. The van der Waals surface area contributed by atoms with Crippen molar-refractivity contribution >= 4 is 0 Å². The SMILES string of the molecule is CCn1cc(CN[C@H](CO)Cc2ccccc2)cn1. The summed E-state index contributed by atoms with van der Waals surface area (Å²) >= 11 is 0. The molecule has 2 aromatic rings. The highest BCUT2D eigenvalue weighted by Crippen LogP contribution is 2.04. The Kier molecular flexibility index (Phi) is 5.12. The number of nitrogens with one attached hydrogen (secondary N) is 1. The standard InChI is InChI=1S/C15H21N3O/c1-2-18-11-14(10-17-18)9-16-15(12-19)8-13-6-4-3-5-7-13/h3-7,10-11,15-16,19H,2,8-9,12H2,1H3/t15-/m0/s1. The van der Waals surface area contributed by atoms with Crippen LogP contribution in [0.2, 0.25) is 0 Å². The maximum atomic E-state index is 9.43. The van der Waals surface area contributed by atoms with Crippen LogP contribution in [-0.2, 0) is 19.5 Å². The molecule has 19 heavy (non-hydrogen) atoms. The summed E-state index contributed by atoms with van der Waals surface area (Å²) in [4.78, 5) is 0. The second-order valence-electron chi connectivity index (χ2n) is 4.65. The molecule has 0 saturated heterocycles. The third-order valence-electron chi connectivity index (χ3n) is 3.15. The van der Waals surface area contributed by atoms with E-state index in [2.05, 4.69) is 29.5 Å². The van der Waals surface area contributed by atoms with Gasteiger partial charge in [0.2, 0.25) is 0 Å². The molecule has 2 N–H and O–H groups in total. The van der Waals surface area contributed by atoms with E-state index >= 15 is 0 Å². The van der Waals surface area contributed by atoms with E-state index in [4.69, 9.17) is 0 Å². The van der Waals surface area contributed by atoms with Crippen LogP contribution in [0.25, 0.3) is 0 Å². The van der Waals surface area contributed by atoms with E-state index < -0.39 is 0 Å². The average Bonchev–Trinajstić information content (AvgIpc) is 2.92. The summed E-state index contributed by atoms with van der Waals surface area (Å²) in [6.07, 6.45) is 4.73. The van der Waals surface area contributed by atoms with Gasteiger partial charge >= 0.3 is 0 Å². The second kappa shape index (κ2) is 7.07. The predicted molar refractivity (Wildman–Crippen MR) is 75.8 cm³/mol. The van der Waals surface area contributed by atoms with Crippen LogP contribution in [0.15, 0.2) is 42.7 Å². The number of rotatable bonds is 7. The van der Waals surface area contributed by atoms with Crippen molar-refractivity contribution < 1.29 is 5.11 Å². The minimum absolute atomic E-state index is 0.0763. The summed E-state index contributed by atoms with van der Waals surface area (Å²) in [6.45, 7) is 3.82. The van der Waals surface area contributed by atoms with Gasteiger partial charge in [-0.1, -0.05) is 30.3 Å². The number of hydrogen-bond acceptors (Lipinski definition) is 3. The zero-order valence-corrected chi connectivity index (χ0v) is 11.3. The van der Waals surface area contributed by atoms with Crippen LogP contribution < -0.4 is 5.32 Å². The van der Waals surface area contributed by atoms with Crippen molar-refractivity contribution in [3.05, 3.63) is 53.9 Å². The van der Waals surface area contributed by atoms with Crippen LogP contribution >= 0.6 is 0 Å². The van der Waals surface area contributed by atoms with Crippen LogP contribution in [0.3, 0.4) is 0 Å². The van der Waals surface area contributed by atoms with Gasteiger partial charge in [0.15, 0.2) is 0 Å². The quantitative estimate of drug-likeness (QED) is 0.794. The molecule has 0 amide bonds. The van der Waals surface area contributed by atoms with Crippen molar-refractivity contribution in [2.45, 2.75) is 32.5 Å². The third-order valence-corrected chi connectivity index (χ3v) is 3.15. The van der Waals surface area contributed by atoms with Crippen molar-refractivity contribution in [3.63, 3.8) is 0 Å². The topological polar surface area (TPSA) is 50.1 Å². The van der Waals surface area contributed by atoms with E-state index in [1.54, 1.807) is 0 Å². The summed E-state index contributed by atoms with van der Waals surface area (Å²) in [7, 11) is 0. The van der Waals surface area contributed by atoms with Crippen LogP contribution in [0, 0.1) is 0 Å². The molecule has 4 nitrogen and oxygen atoms in total. The zero-order valence-electron chi connectivity index (χ0n) is 11.3. The Hall–Kier alpha value is -1.65. The molecule has 1 aromatic heterocycles. The summed E-state index contributed by atoms with van der Waals surface area (Å²) in [5.74, 6) is 0. The smallest absolute Gasteiger partial charge is 0.0587 e. The number of hydrogen-bond donors (Lipinski definition) is 2. The maximum absolute atomic E-state index is 9.43. The highest BCUT2D eigenvalue weighted by molar-refractivity contribution is 5.16. The summed E-state index contributed by atoms with van der Waals surface area (Å²) in [5, 5.41) is 17.0. The fourth-order valence-corrected chi connectivity index (χ4v) is 2.03. The normalized spacial score (nSPS) is 12.5. The van der Waals surface area contributed by atoms with Gasteiger partial charge in [-0.05, 0) is 18.9 Å². The molecule has 0 aliphatic heterocycles. The Labute approximate surface area is 114 Å². The van der Waals surface area contributed by atoms with Crippen molar-refractivity contribution in [1.82, 2.24) is 15.1 Å². The lowest BCUT2D eigenvalue weighted by atomic mass is 10.1. The van der Waals surface area contributed by atoms with E-state index in [9.17, 15) is 5.11 Å². The summed E-state index contributed by atoms with van der Waals surface area (Å²) in [5.41, 5.74) is 2.38. The molecule has 0 fully saturated rings. The number of aliphatic hydroxyl groups is 1. The molecule has 1 aromatic carbocycles.